The number of nitrogens with zero attached hydrogens (tertiary/aromatic N) is 2. The van der Waals surface area contributed by atoms with E-state index < -0.39 is 17.8 Å². The summed E-state index contributed by atoms with van der Waals surface area (Å²) in [5.41, 5.74) is 2.57. The number of rotatable bonds is 2. The van der Waals surface area contributed by atoms with Crippen LogP contribution in [0, 0.1) is 25.7 Å². The highest BCUT2D eigenvalue weighted by Crippen LogP contribution is 2.59. The summed E-state index contributed by atoms with van der Waals surface area (Å²) in [6.07, 6.45) is 0. The fourth-order valence-electron chi connectivity index (χ4n) is 2.93. The molecule has 0 aromatic carbocycles. The lowest BCUT2D eigenvalue weighted by atomic mass is 10.1. The molecule has 5 heteroatoms. The lowest BCUT2D eigenvalue weighted by Crippen LogP contribution is -2.28. The molecule has 1 saturated carbocycles. The van der Waals surface area contributed by atoms with Crippen LogP contribution in [0.15, 0.2) is 6.07 Å². The minimum atomic E-state index is -2.45. The van der Waals surface area contributed by atoms with Crippen LogP contribution in [-0.4, -0.2) is 29.1 Å². The molecule has 2 aliphatic rings. The topological polar surface area (TPSA) is 36.4 Å². The molecule has 2 atom stereocenters. The number of hydrogen-bond acceptors (Lipinski definition) is 3. The summed E-state index contributed by atoms with van der Waals surface area (Å²) in [5.74, 6) is -2.67. The average Bonchev–Trinajstić information content (AvgIpc) is 2.68. The van der Waals surface area contributed by atoms with Crippen molar-refractivity contribution in [2.45, 2.75) is 26.4 Å². The highest BCUT2D eigenvalue weighted by molar-refractivity contribution is 5.48. The standard InChI is InChI=1S/C13H16F2N2O/c1-7-3-12(16-8(2)9(7)6-18)17-4-10-11(5-17)13(10,14)15/h3,10-11,18H,4-6H2,1-2H3. The Balaban J connectivity index is 1.83. The number of pyridine rings is 1. The molecule has 3 nitrogen and oxygen atoms in total. The van der Waals surface area contributed by atoms with Crippen LogP contribution in [0.2, 0.25) is 0 Å². The van der Waals surface area contributed by atoms with Gasteiger partial charge in [0.25, 0.3) is 5.92 Å². The molecule has 98 valence electrons. The van der Waals surface area contributed by atoms with E-state index in [0.717, 1.165) is 22.6 Å². The summed E-state index contributed by atoms with van der Waals surface area (Å²) in [7, 11) is 0. The van der Waals surface area contributed by atoms with Crippen LogP contribution in [-0.2, 0) is 6.61 Å². The van der Waals surface area contributed by atoms with Crippen molar-refractivity contribution in [1.82, 2.24) is 4.98 Å². The van der Waals surface area contributed by atoms with Gasteiger partial charge in [-0.05, 0) is 25.5 Å². The molecule has 1 aliphatic carbocycles. The smallest absolute Gasteiger partial charge is 0.258 e. The van der Waals surface area contributed by atoms with Gasteiger partial charge in [0.15, 0.2) is 0 Å². The Labute approximate surface area is 104 Å². The Kier molecular flexibility index (Phi) is 2.39. The zero-order valence-corrected chi connectivity index (χ0v) is 10.5. The van der Waals surface area contributed by atoms with Crippen LogP contribution < -0.4 is 4.90 Å². The van der Waals surface area contributed by atoms with Gasteiger partial charge in [-0.1, -0.05) is 0 Å². The highest BCUT2D eigenvalue weighted by Gasteiger charge is 2.71. The van der Waals surface area contributed by atoms with Gasteiger partial charge in [-0.25, -0.2) is 13.8 Å². The second-order valence-electron chi connectivity index (χ2n) is 5.31. The van der Waals surface area contributed by atoms with Gasteiger partial charge in [0.2, 0.25) is 0 Å². The zero-order chi connectivity index (χ0) is 13.1. The Morgan fingerprint density at radius 1 is 1.39 bits per heavy atom. The first-order valence-corrected chi connectivity index (χ1v) is 6.16. The van der Waals surface area contributed by atoms with Crippen molar-refractivity contribution in [2.75, 3.05) is 18.0 Å². The first kappa shape index (κ1) is 11.8. The van der Waals surface area contributed by atoms with E-state index in [9.17, 15) is 13.9 Å². The maximum atomic E-state index is 13.1. The minimum Gasteiger partial charge on any atom is -0.392 e. The van der Waals surface area contributed by atoms with Gasteiger partial charge in [-0.2, -0.15) is 0 Å². The van der Waals surface area contributed by atoms with Crippen molar-refractivity contribution in [3.05, 3.63) is 22.9 Å². The number of aromatic nitrogens is 1. The van der Waals surface area contributed by atoms with Crippen molar-refractivity contribution in [3.8, 4) is 0 Å². The number of alkyl halides is 2. The third-order valence-electron chi connectivity index (χ3n) is 4.22. The Bertz CT molecular complexity index is 467. The van der Waals surface area contributed by atoms with Gasteiger partial charge in [-0.3, -0.25) is 0 Å². The number of aryl methyl sites for hydroxylation is 2. The maximum absolute atomic E-state index is 13.1. The summed E-state index contributed by atoms with van der Waals surface area (Å²) >= 11 is 0. The molecule has 1 aliphatic heterocycles. The van der Waals surface area contributed by atoms with E-state index in [1.807, 2.05) is 24.8 Å². The second kappa shape index (κ2) is 3.63. The van der Waals surface area contributed by atoms with Crippen molar-refractivity contribution < 1.29 is 13.9 Å². The summed E-state index contributed by atoms with van der Waals surface area (Å²) in [4.78, 5) is 6.34. The van der Waals surface area contributed by atoms with Crippen LogP contribution in [0.1, 0.15) is 16.8 Å². The first-order chi connectivity index (χ1) is 8.45. The van der Waals surface area contributed by atoms with Crippen LogP contribution >= 0.6 is 0 Å². The van der Waals surface area contributed by atoms with Crippen molar-refractivity contribution in [3.63, 3.8) is 0 Å². The van der Waals surface area contributed by atoms with Crippen molar-refractivity contribution >= 4 is 5.82 Å². The normalized spacial score (nSPS) is 28.4. The Morgan fingerprint density at radius 3 is 2.50 bits per heavy atom. The van der Waals surface area contributed by atoms with E-state index in [4.69, 9.17) is 0 Å². The van der Waals surface area contributed by atoms with Gasteiger partial charge in [0, 0.05) is 24.3 Å². The molecule has 1 saturated heterocycles. The van der Waals surface area contributed by atoms with Gasteiger partial charge in [0.05, 0.1) is 18.4 Å². The molecular weight excluding hydrogens is 238 g/mol. The van der Waals surface area contributed by atoms with Gasteiger partial charge >= 0.3 is 0 Å². The van der Waals surface area contributed by atoms with E-state index in [-0.39, 0.29) is 6.61 Å². The van der Waals surface area contributed by atoms with E-state index in [1.165, 1.54) is 0 Å². The fraction of sp³-hybridized carbons (Fsp3) is 0.615. The molecule has 1 N–H and O–H groups in total. The molecule has 0 spiro atoms. The number of aliphatic hydroxyl groups is 1. The number of fused-ring (bicyclic) bond motifs is 1. The number of anilines is 1. The van der Waals surface area contributed by atoms with Gasteiger partial charge in [-0.15, -0.1) is 0 Å². The SMILES string of the molecule is Cc1cc(N2CC3C(C2)C3(F)F)nc(C)c1CO. The average molecular weight is 254 g/mol. The highest BCUT2D eigenvalue weighted by atomic mass is 19.3. The lowest BCUT2D eigenvalue weighted by molar-refractivity contribution is 0.0797. The molecular formula is C13H16F2N2O. The first-order valence-electron chi connectivity index (χ1n) is 6.16. The molecule has 1 aromatic heterocycles. The predicted molar refractivity (Wildman–Crippen MR) is 63.8 cm³/mol. The van der Waals surface area contributed by atoms with E-state index >= 15 is 0 Å². The van der Waals surface area contributed by atoms with E-state index in [0.29, 0.717) is 13.1 Å². The molecule has 0 amide bonds. The number of aliphatic hydroxyl groups excluding tert-OH is 1. The molecule has 1 aromatic rings. The number of piperidine rings is 1. The molecule has 2 unspecified atom stereocenters. The summed E-state index contributed by atoms with van der Waals surface area (Å²) in [6, 6.07) is 1.88. The number of hydrogen-bond donors (Lipinski definition) is 1. The third kappa shape index (κ3) is 1.53. The van der Waals surface area contributed by atoms with Gasteiger partial charge < -0.3 is 10.0 Å². The summed E-state index contributed by atoms with van der Waals surface area (Å²) in [6.45, 7) is 4.50. The minimum absolute atomic E-state index is 0.0335. The van der Waals surface area contributed by atoms with Crippen LogP contribution in [0.5, 0.6) is 0 Å². The van der Waals surface area contributed by atoms with Crippen molar-refractivity contribution in [1.29, 1.82) is 0 Å². The van der Waals surface area contributed by atoms with Crippen LogP contribution in [0.25, 0.3) is 0 Å². The fourth-order valence-corrected chi connectivity index (χ4v) is 2.93. The molecule has 0 bridgehead atoms. The second-order valence-corrected chi connectivity index (χ2v) is 5.31. The van der Waals surface area contributed by atoms with E-state index in [2.05, 4.69) is 4.98 Å². The summed E-state index contributed by atoms with van der Waals surface area (Å²) in [5, 5.41) is 9.22. The number of halogens is 2. The lowest BCUT2D eigenvalue weighted by Gasteiger charge is -2.22. The van der Waals surface area contributed by atoms with Gasteiger partial charge in [0.1, 0.15) is 5.82 Å². The third-order valence-corrected chi connectivity index (χ3v) is 4.22. The Morgan fingerprint density at radius 2 is 2.00 bits per heavy atom. The molecule has 2 heterocycles. The van der Waals surface area contributed by atoms with Crippen molar-refractivity contribution in [2.24, 2.45) is 11.8 Å². The van der Waals surface area contributed by atoms with Crippen LogP contribution in [0.3, 0.4) is 0 Å². The molecule has 2 fully saturated rings. The monoisotopic (exact) mass is 254 g/mol. The predicted octanol–water partition coefficient (Wildman–Crippen LogP) is 1.89. The summed E-state index contributed by atoms with van der Waals surface area (Å²) < 4.78 is 26.3. The molecule has 0 radical (unpaired) electrons. The zero-order valence-electron chi connectivity index (χ0n) is 10.5. The molecule has 3 rings (SSSR count). The Hall–Kier alpha value is -1.23. The van der Waals surface area contributed by atoms with E-state index in [1.54, 1.807) is 0 Å². The largest absolute Gasteiger partial charge is 0.392 e. The maximum Gasteiger partial charge on any atom is 0.258 e. The van der Waals surface area contributed by atoms with Crippen LogP contribution in [0.4, 0.5) is 14.6 Å². The quantitative estimate of drug-likeness (QED) is 0.875. The molecule has 18 heavy (non-hydrogen) atoms.